The molecule has 0 saturated carbocycles. The zero-order chi connectivity index (χ0) is 14.0. The van der Waals surface area contributed by atoms with Crippen molar-refractivity contribution < 1.29 is 17.9 Å². The van der Waals surface area contributed by atoms with E-state index >= 15 is 0 Å². The van der Waals surface area contributed by atoms with Gasteiger partial charge in [0.15, 0.2) is 0 Å². The van der Waals surface area contributed by atoms with Gasteiger partial charge in [0.25, 0.3) is 5.88 Å². The summed E-state index contributed by atoms with van der Waals surface area (Å²) >= 11 is 0. The fraction of sp³-hybridized carbons (Fsp3) is 0.300. The number of anilines is 1. The van der Waals surface area contributed by atoms with E-state index in [1.54, 1.807) is 13.2 Å². The number of methoxy groups -OCH3 is 1. The minimum atomic E-state index is -4.56. The molecule has 1 N–H and O–H groups in total. The molecule has 0 unspecified atom stereocenters. The maximum Gasteiger partial charge on any atom is 0.451 e. The summed E-state index contributed by atoms with van der Waals surface area (Å²) in [5.74, 6) is -0.869. The molecule has 10 heteroatoms. The molecule has 0 amide bonds. The molecule has 2 aromatic heterocycles. The quantitative estimate of drug-likeness (QED) is 0.941. The van der Waals surface area contributed by atoms with Crippen LogP contribution in [0.1, 0.15) is 5.82 Å². The minimum Gasteiger partial charge on any atom is -0.478 e. The topological polar surface area (TPSA) is 64.9 Å². The number of ether oxygens (including phenoxy) is 1. The molecule has 0 saturated heterocycles. The molecule has 2 rings (SSSR count). The van der Waals surface area contributed by atoms with Gasteiger partial charge in [-0.15, -0.1) is 17.5 Å². The van der Waals surface area contributed by atoms with Crippen molar-refractivity contribution in [2.45, 2.75) is 6.18 Å². The van der Waals surface area contributed by atoms with Gasteiger partial charge < -0.3 is 10.1 Å². The van der Waals surface area contributed by atoms with Crippen molar-refractivity contribution in [2.75, 3.05) is 19.5 Å². The average molecular weight is 310 g/mol. The summed E-state index contributed by atoms with van der Waals surface area (Å²) in [6.45, 7) is 0. The van der Waals surface area contributed by atoms with E-state index in [0.29, 0.717) is 17.3 Å². The van der Waals surface area contributed by atoms with E-state index in [1.807, 2.05) is 0 Å². The van der Waals surface area contributed by atoms with Gasteiger partial charge in [-0.3, -0.25) is 0 Å². The van der Waals surface area contributed by atoms with Crippen LogP contribution in [0.4, 0.5) is 18.9 Å². The van der Waals surface area contributed by atoms with E-state index in [2.05, 4.69) is 20.4 Å². The fourth-order valence-electron chi connectivity index (χ4n) is 1.40. The molecule has 0 atom stereocenters. The third-order valence-corrected chi connectivity index (χ3v) is 2.30. The fourth-order valence-corrected chi connectivity index (χ4v) is 1.40. The van der Waals surface area contributed by atoms with Crippen molar-refractivity contribution in [3.63, 3.8) is 0 Å². The van der Waals surface area contributed by atoms with Crippen LogP contribution in [0.5, 0.6) is 5.88 Å². The van der Waals surface area contributed by atoms with Gasteiger partial charge in [0.2, 0.25) is 5.82 Å². The number of hydrogen-bond acceptors (Lipinski definition) is 5. The SMILES string of the molecule is CNc1cn(-c2cnc(C(F)(F)F)nc2)nc1OC.Cl. The maximum atomic E-state index is 12.3. The Balaban J connectivity index is 0.00000200. The zero-order valence-corrected chi connectivity index (χ0v) is 11.3. The zero-order valence-electron chi connectivity index (χ0n) is 10.5. The van der Waals surface area contributed by atoms with Crippen LogP contribution in [0.3, 0.4) is 0 Å². The van der Waals surface area contributed by atoms with Crippen LogP contribution < -0.4 is 10.1 Å². The normalized spacial score (nSPS) is 10.8. The van der Waals surface area contributed by atoms with Gasteiger partial charge in [0.1, 0.15) is 11.4 Å². The van der Waals surface area contributed by atoms with Crippen LogP contribution in [0.2, 0.25) is 0 Å². The second kappa shape index (κ2) is 5.95. The van der Waals surface area contributed by atoms with Crippen molar-refractivity contribution in [2.24, 2.45) is 0 Å². The number of rotatable bonds is 3. The number of nitrogens with one attached hydrogen (secondary N) is 1. The third-order valence-electron chi connectivity index (χ3n) is 2.30. The van der Waals surface area contributed by atoms with Crippen LogP contribution in [0.15, 0.2) is 18.6 Å². The predicted molar refractivity (Wildman–Crippen MR) is 67.5 cm³/mol. The number of nitrogens with zero attached hydrogens (tertiary/aromatic N) is 4. The molecule has 0 bridgehead atoms. The van der Waals surface area contributed by atoms with Crippen LogP contribution in [0, 0.1) is 0 Å². The summed E-state index contributed by atoms with van der Waals surface area (Å²) in [7, 11) is 3.11. The summed E-state index contributed by atoms with van der Waals surface area (Å²) in [6, 6.07) is 0. The van der Waals surface area contributed by atoms with Crippen LogP contribution in [0.25, 0.3) is 5.69 Å². The highest BCUT2D eigenvalue weighted by Gasteiger charge is 2.34. The summed E-state index contributed by atoms with van der Waals surface area (Å²) < 4.78 is 43.3. The lowest BCUT2D eigenvalue weighted by molar-refractivity contribution is -0.145. The molecule has 0 spiro atoms. The molecule has 0 aliphatic heterocycles. The molecule has 0 aliphatic carbocycles. The Morgan fingerprint density at radius 1 is 1.25 bits per heavy atom. The molecule has 0 radical (unpaired) electrons. The molecule has 0 aliphatic rings. The molecule has 2 heterocycles. The Labute approximate surface area is 118 Å². The van der Waals surface area contributed by atoms with Crippen LogP contribution in [-0.4, -0.2) is 33.9 Å². The Morgan fingerprint density at radius 2 is 1.85 bits per heavy atom. The van der Waals surface area contributed by atoms with E-state index < -0.39 is 12.0 Å². The first-order chi connectivity index (χ1) is 8.95. The Kier molecular flexibility index (Phi) is 4.77. The molecule has 6 nitrogen and oxygen atoms in total. The van der Waals surface area contributed by atoms with Gasteiger partial charge in [-0.05, 0) is 0 Å². The van der Waals surface area contributed by atoms with E-state index in [9.17, 15) is 13.2 Å². The number of hydrogen-bond donors (Lipinski definition) is 1. The van der Waals surface area contributed by atoms with Crippen molar-refractivity contribution in [1.29, 1.82) is 0 Å². The van der Waals surface area contributed by atoms with Crippen LogP contribution >= 0.6 is 12.4 Å². The Hall–Kier alpha value is -2.03. The summed E-state index contributed by atoms with van der Waals surface area (Å²) in [6.07, 6.45) is -0.912. The van der Waals surface area contributed by atoms with Gasteiger partial charge in [-0.2, -0.15) is 13.2 Å². The molecule has 20 heavy (non-hydrogen) atoms. The van der Waals surface area contributed by atoms with Gasteiger partial charge in [-0.25, -0.2) is 14.6 Å². The van der Waals surface area contributed by atoms with Crippen molar-refractivity contribution in [3.05, 3.63) is 24.4 Å². The second-order valence-corrected chi connectivity index (χ2v) is 3.51. The summed E-state index contributed by atoms with van der Waals surface area (Å²) in [5, 5.41) is 6.88. The molecule has 0 fully saturated rings. The molecule has 0 aromatic carbocycles. The van der Waals surface area contributed by atoms with Gasteiger partial charge in [0.05, 0.1) is 25.7 Å². The van der Waals surface area contributed by atoms with E-state index in [-0.39, 0.29) is 12.4 Å². The van der Waals surface area contributed by atoms with Gasteiger partial charge in [-0.1, -0.05) is 0 Å². The molecular weight excluding hydrogens is 299 g/mol. The molecule has 110 valence electrons. The highest BCUT2D eigenvalue weighted by Crippen LogP contribution is 2.26. The largest absolute Gasteiger partial charge is 0.478 e. The Bertz CT molecular complexity index is 548. The second-order valence-electron chi connectivity index (χ2n) is 3.51. The molecular formula is C10H11ClF3N5O. The minimum absolute atomic E-state index is 0. The highest BCUT2D eigenvalue weighted by molar-refractivity contribution is 5.85. The van der Waals surface area contributed by atoms with Gasteiger partial charge in [0, 0.05) is 7.05 Å². The number of alkyl halides is 3. The average Bonchev–Trinajstić information content (AvgIpc) is 2.81. The smallest absolute Gasteiger partial charge is 0.451 e. The lowest BCUT2D eigenvalue weighted by Crippen LogP contribution is -2.11. The van der Waals surface area contributed by atoms with Crippen molar-refractivity contribution in [1.82, 2.24) is 19.7 Å². The standard InChI is InChI=1S/C10H10F3N5O.ClH/c1-14-7-5-18(17-8(7)19-2)6-3-15-9(16-4-6)10(11,12)13;/h3-5,14H,1-2H3;1H. The van der Waals surface area contributed by atoms with E-state index in [1.165, 1.54) is 11.8 Å². The maximum absolute atomic E-state index is 12.3. The highest BCUT2D eigenvalue weighted by atomic mass is 35.5. The summed E-state index contributed by atoms with van der Waals surface area (Å²) in [4.78, 5) is 6.52. The summed E-state index contributed by atoms with van der Waals surface area (Å²) in [5.41, 5.74) is 0.898. The predicted octanol–water partition coefficient (Wildman–Crippen LogP) is 2.15. The first-order valence-corrected chi connectivity index (χ1v) is 5.16. The first-order valence-electron chi connectivity index (χ1n) is 5.16. The Morgan fingerprint density at radius 3 is 2.25 bits per heavy atom. The number of aromatic nitrogens is 4. The first kappa shape index (κ1) is 16.0. The lowest BCUT2D eigenvalue weighted by atomic mass is 10.5. The number of halogens is 4. The van der Waals surface area contributed by atoms with Crippen molar-refractivity contribution in [3.8, 4) is 11.6 Å². The lowest BCUT2D eigenvalue weighted by Gasteiger charge is -2.05. The molecule has 2 aromatic rings. The van der Waals surface area contributed by atoms with E-state index in [4.69, 9.17) is 4.74 Å². The van der Waals surface area contributed by atoms with Gasteiger partial charge >= 0.3 is 6.18 Å². The van der Waals surface area contributed by atoms with E-state index in [0.717, 1.165) is 12.4 Å². The van der Waals surface area contributed by atoms with Crippen LogP contribution in [-0.2, 0) is 6.18 Å². The monoisotopic (exact) mass is 309 g/mol. The van der Waals surface area contributed by atoms with Crippen molar-refractivity contribution >= 4 is 18.1 Å². The third kappa shape index (κ3) is 3.10.